The van der Waals surface area contributed by atoms with Crippen molar-refractivity contribution in [1.82, 2.24) is 5.32 Å². The summed E-state index contributed by atoms with van der Waals surface area (Å²) in [6.07, 6.45) is 1.46. The van der Waals surface area contributed by atoms with Crippen molar-refractivity contribution in [2.24, 2.45) is 0 Å². The van der Waals surface area contributed by atoms with E-state index in [-0.39, 0.29) is 4.90 Å². The Kier molecular flexibility index (Phi) is 3.31. The first-order valence-electron chi connectivity index (χ1n) is 5.45. The van der Waals surface area contributed by atoms with Gasteiger partial charge in [0.2, 0.25) is 9.84 Å². The third-order valence-corrected chi connectivity index (χ3v) is 4.33. The summed E-state index contributed by atoms with van der Waals surface area (Å²) in [6.45, 7) is 0.808. The number of allylic oxidation sites excluding steroid dienone is 1. The van der Waals surface area contributed by atoms with Crippen molar-refractivity contribution in [2.75, 3.05) is 13.6 Å². The lowest BCUT2D eigenvalue weighted by Gasteiger charge is -2.04. The van der Waals surface area contributed by atoms with Crippen LogP contribution in [-0.4, -0.2) is 22.0 Å². The van der Waals surface area contributed by atoms with Gasteiger partial charge < -0.3 is 5.32 Å². The van der Waals surface area contributed by atoms with Gasteiger partial charge in [-0.15, -0.1) is 0 Å². The molecule has 0 radical (unpaired) electrons. The van der Waals surface area contributed by atoms with E-state index in [9.17, 15) is 12.8 Å². The minimum absolute atomic E-state index is 0.221. The number of hydrogen-bond acceptors (Lipinski definition) is 3. The van der Waals surface area contributed by atoms with Crippen LogP contribution >= 0.6 is 0 Å². The van der Waals surface area contributed by atoms with Crippen molar-refractivity contribution < 1.29 is 12.8 Å². The normalized spacial score (nSPS) is 16.7. The first kappa shape index (κ1) is 12.3. The summed E-state index contributed by atoms with van der Waals surface area (Å²) >= 11 is 0. The van der Waals surface area contributed by atoms with E-state index in [2.05, 4.69) is 5.32 Å². The largest absolute Gasteiger partial charge is 0.320 e. The predicted molar refractivity (Wildman–Crippen MR) is 64.7 cm³/mol. The van der Waals surface area contributed by atoms with Crippen LogP contribution in [0.25, 0.3) is 5.57 Å². The third-order valence-electron chi connectivity index (χ3n) is 2.76. The first-order chi connectivity index (χ1) is 8.04. The Bertz CT molecular complexity index is 564. The summed E-state index contributed by atoms with van der Waals surface area (Å²) in [5.41, 5.74) is 1.22. The van der Waals surface area contributed by atoms with Crippen molar-refractivity contribution >= 4 is 15.4 Å². The number of benzene rings is 1. The molecule has 1 N–H and O–H groups in total. The van der Waals surface area contributed by atoms with Crippen LogP contribution in [0.2, 0.25) is 0 Å². The molecule has 2 rings (SSSR count). The van der Waals surface area contributed by atoms with E-state index in [1.165, 1.54) is 23.6 Å². The molecule has 0 bridgehead atoms. The highest BCUT2D eigenvalue weighted by molar-refractivity contribution is 7.95. The number of nitrogens with one attached hydrogen (secondary N) is 1. The average molecular weight is 255 g/mol. The van der Waals surface area contributed by atoms with Crippen LogP contribution in [0, 0.1) is 5.82 Å². The number of fused-ring (bicyclic) bond motifs is 1. The molecule has 92 valence electrons. The number of hydrogen-bond donors (Lipinski definition) is 1. The smallest absolute Gasteiger partial charge is 0.200 e. The molecule has 0 unspecified atom stereocenters. The van der Waals surface area contributed by atoms with E-state index < -0.39 is 15.7 Å². The summed E-state index contributed by atoms with van der Waals surface area (Å²) in [5, 5.41) is 4.25. The van der Waals surface area contributed by atoms with Crippen LogP contribution in [0.15, 0.2) is 28.5 Å². The van der Waals surface area contributed by atoms with Crippen LogP contribution in [0.3, 0.4) is 0 Å². The molecule has 17 heavy (non-hydrogen) atoms. The lowest BCUT2D eigenvalue weighted by Crippen LogP contribution is -2.07. The summed E-state index contributed by atoms with van der Waals surface area (Å²) < 4.78 is 36.7. The van der Waals surface area contributed by atoms with E-state index >= 15 is 0 Å². The van der Waals surface area contributed by atoms with Crippen molar-refractivity contribution in [2.45, 2.75) is 17.7 Å². The van der Waals surface area contributed by atoms with Gasteiger partial charge in [-0.2, -0.15) is 0 Å². The molecule has 1 aromatic rings. The molecule has 0 spiro atoms. The van der Waals surface area contributed by atoms with Crippen molar-refractivity contribution in [3.8, 4) is 0 Å². The molecule has 0 atom stereocenters. The van der Waals surface area contributed by atoms with Gasteiger partial charge in [-0.25, -0.2) is 12.8 Å². The Morgan fingerprint density at radius 3 is 2.82 bits per heavy atom. The van der Waals surface area contributed by atoms with E-state index in [0.717, 1.165) is 13.0 Å². The van der Waals surface area contributed by atoms with Crippen LogP contribution < -0.4 is 5.32 Å². The minimum Gasteiger partial charge on any atom is -0.320 e. The maximum atomic E-state index is 13.1. The summed E-state index contributed by atoms with van der Waals surface area (Å²) in [6, 6.07) is 3.81. The van der Waals surface area contributed by atoms with Gasteiger partial charge in [0.1, 0.15) is 5.82 Å². The van der Waals surface area contributed by atoms with E-state index in [0.29, 0.717) is 17.6 Å². The second-order valence-corrected chi connectivity index (χ2v) is 5.80. The van der Waals surface area contributed by atoms with E-state index in [4.69, 9.17) is 0 Å². The highest BCUT2D eigenvalue weighted by Crippen LogP contribution is 2.36. The SMILES string of the molecule is CNCCCC1=CS(=O)(=O)c2ccc(F)cc21. The molecule has 1 heterocycles. The van der Waals surface area contributed by atoms with Gasteiger partial charge in [0.05, 0.1) is 4.90 Å². The molecule has 0 saturated heterocycles. The van der Waals surface area contributed by atoms with Gasteiger partial charge in [0, 0.05) is 11.0 Å². The monoisotopic (exact) mass is 255 g/mol. The Morgan fingerprint density at radius 2 is 2.12 bits per heavy atom. The van der Waals surface area contributed by atoms with Crippen LogP contribution in [-0.2, 0) is 9.84 Å². The first-order valence-corrected chi connectivity index (χ1v) is 6.99. The topological polar surface area (TPSA) is 46.2 Å². The molecule has 0 amide bonds. The van der Waals surface area contributed by atoms with Gasteiger partial charge >= 0.3 is 0 Å². The Balaban J connectivity index is 2.34. The van der Waals surface area contributed by atoms with Crippen molar-refractivity contribution in [3.63, 3.8) is 0 Å². The summed E-state index contributed by atoms with van der Waals surface area (Å²) in [5.74, 6) is -0.402. The van der Waals surface area contributed by atoms with Gasteiger partial charge in [0.15, 0.2) is 0 Å². The fraction of sp³-hybridized carbons (Fsp3) is 0.333. The fourth-order valence-electron chi connectivity index (χ4n) is 1.96. The molecule has 1 aliphatic heterocycles. The Labute approximate surface area is 100 Å². The van der Waals surface area contributed by atoms with Crippen molar-refractivity contribution in [1.29, 1.82) is 0 Å². The molecule has 0 aromatic heterocycles. The molecule has 0 aliphatic carbocycles. The number of halogens is 1. The van der Waals surface area contributed by atoms with Gasteiger partial charge in [-0.05, 0) is 50.2 Å². The Hall–Kier alpha value is -1.20. The molecule has 0 fully saturated rings. The summed E-state index contributed by atoms with van der Waals surface area (Å²) in [7, 11) is -1.52. The third kappa shape index (κ3) is 2.40. The maximum absolute atomic E-state index is 13.1. The van der Waals surface area contributed by atoms with E-state index in [1.54, 1.807) is 0 Å². The van der Waals surface area contributed by atoms with Gasteiger partial charge in [-0.1, -0.05) is 0 Å². The molecule has 0 saturated carbocycles. The van der Waals surface area contributed by atoms with Crippen LogP contribution in [0.1, 0.15) is 18.4 Å². The number of rotatable bonds is 4. The van der Waals surface area contributed by atoms with Crippen molar-refractivity contribution in [3.05, 3.63) is 35.0 Å². The minimum atomic E-state index is -3.36. The fourth-order valence-corrected chi connectivity index (χ4v) is 3.47. The maximum Gasteiger partial charge on any atom is 0.200 e. The molecule has 1 aliphatic rings. The highest BCUT2D eigenvalue weighted by Gasteiger charge is 2.26. The number of sulfone groups is 1. The van der Waals surface area contributed by atoms with E-state index in [1.807, 2.05) is 7.05 Å². The van der Waals surface area contributed by atoms with Gasteiger partial charge in [0.25, 0.3) is 0 Å². The zero-order valence-electron chi connectivity index (χ0n) is 9.53. The zero-order chi connectivity index (χ0) is 12.5. The predicted octanol–water partition coefficient (Wildman–Crippen LogP) is 1.95. The van der Waals surface area contributed by atoms with Gasteiger partial charge in [-0.3, -0.25) is 0 Å². The molecule has 3 nitrogen and oxygen atoms in total. The lowest BCUT2D eigenvalue weighted by molar-refractivity contribution is 0.604. The molecule has 5 heteroatoms. The molecular formula is C12H14FNO2S. The zero-order valence-corrected chi connectivity index (χ0v) is 10.3. The second kappa shape index (κ2) is 4.58. The second-order valence-electron chi connectivity index (χ2n) is 4.04. The average Bonchev–Trinajstić information content (AvgIpc) is 2.51. The quantitative estimate of drug-likeness (QED) is 0.660. The standard InChI is InChI=1S/C12H14FNO2S/c1-14-6-2-3-9-8-17(15,16)12-5-4-10(13)7-11(9)12/h4-5,7-8,14H,2-3,6H2,1H3. The van der Waals surface area contributed by atoms with Crippen LogP contribution in [0.4, 0.5) is 4.39 Å². The molecule has 1 aromatic carbocycles. The molecular weight excluding hydrogens is 241 g/mol. The van der Waals surface area contributed by atoms with Crippen LogP contribution in [0.5, 0.6) is 0 Å². The summed E-state index contributed by atoms with van der Waals surface area (Å²) in [4.78, 5) is 0.221. The lowest BCUT2D eigenvalue weighted by atomic mass is 10.0. The highest BCUT2D eigenvalue weighted by atomic mass is 32.2. The Morgan fingerprint density at radius 1 is 1.35 bits per heavy atom.